The summed E-state index contributed by atoms with van der Waals surface area (Å²) in [4.78, 5) is 11.8. The Morgan fingerprint density at radius 3 is 2.56 bits per heavy atom. The first kappa shape index (κ1) is 12.6. The molecule has 0 spiro atoms. The van der Waals surface area contributed by atoms with Crippen molar-refractivity contribution in [1.29, 1.82) is 0 Å². The monoisotopic (exact) mass is 261 g/mol. The van der Waals surface area contributed by atoms with Crippen LogP contribution < -0.4 is 10.5 Å². The molecule has 18 heavy (non-hydrogen) atoms. The number of rotatable bonds is 3. The van der Waals surface area contributed by atoms with E-state index in [1.807, 2.05) is 6.07 Å². The van der Waals surface area contributed by atoms with E-state index in [1.54, 1.807) is 42.5 Å². The average Bonchev–Trinajstić information content (AvgIpc) is 2.39. The molecule has 0 amide bonds. The Hall–Kier alpha value is -1.84. The Labute approximate surface area is 110 Å². The maximum absolute atomic E-state index is 11.8. The van der Waals surface area contributed by atoms with Gasteiger partial charge < -0.3 is 10.5 Å². The summed E-state index contributed by atoms with van der Waals surface area (Å²) in [5, 5.41) is 0.494. The van der Waals surface area contributed by atoms with Gasteiger partial charge in [0.15, 0.2) is 0 Å². The minimum absolute atomic E-state index is 0.344. The fraction of sp³-hybridized carbons (Fsp3) is 0.0714. The fourth-order valence-electron chi connectivity index (χ4n) is 1.54. The fourth-order valence-corrected chi connectivity index (χ4v) is 1.79. The number of ether oxygens (including phenoxy) is 1. The average molecular weight is 262 g/mol. The summed E-state index contributed by atoms with van der Waals surface area (Å²) in [7, 11) is 0. The van der Waals surface area contributed by atoms with Crippen LogP contribution in [0, 0.1) is 0 Å². The van der Waals surface area contributed by atoms with Crippen LogP contribution in [0.3, 0.4) is 0 Å². The molecule has 3 nitrogen and oxygen atoms in total. The first-order valence-corrected chi connectivity index (χ1v) is 5.83. The largest absolute Gasteiger partial charge is 0.423 e. The zero-order valence-corrected chi connectivity index (χ0v) is 10.4. The Bertz CT molecular complexity index is 555. The number of benzene rings is 2. The molecule has 0 aliphatic carbocycles. The highest BCUT2D eigenvalue weighted by atomic mass is 35.5. The van der Waals surface area contributed by atoms with Gasteiger partial charge in [0.25, 0.3) is 0 Å². The van der Waals surface area contributed by atoms with Crippen LogP contribution in [0.15, 0.2) is 48.5 Å². The number of carbonyl (C=O) groups is 1. The lowest BCUT2D eigenvalue weighted by molar-refractivity contribution is 0.0734. The van der Waals surface area contributed by atoms with Crippen molar-refractivity contribution in [3.05, 3.63) is 64.7 Å². The zero-order valence-electron chi connectivity index (χ0n) is 9.60. The highest BCUT2D eigenvalue weighted by Gasteiger charge is 2.08. The van der Waals surface area contributed by atoms with Gasteiger partial charge in [-0.15, -0.1) is 0 Å². The first-order chi connectivity index (χ1) is 8.69. The number of esters is 1. The number of hydrogen-bond acceptors (Lipinski definition) is 3. The summed E-state index contributed by atoms with van der Waals surface area (Å²) >= 11 is 5.91. The molecule has 2 aromatic carbocycles. The molecule has 0 radical (unpaired) electrons. The molecule has 0 aliphatic rings. The van der Waals surface area contributed by atoms with E-state index in [9.17, 15) is 4.79 Å². The van der Waals surface area contributed by atoms with Gasteiger partial charge in [0.05, 0.1) is 5.56 Å². The van der Waals surface area contributed by atoms with Gasteiger partial charge in [-0.1, -0.05) is 29.8 Å². The molecule has 2 rings (SSSR count). The molecular formula is C14H12ClNO2. The van der Waals surface area contributed by atoms with Gasteiger partial charge in [-0.2, -0.15) is 0 Å². The van der Waals surface area contributed by atoms with Gasteiger partial charge in [0.2, 0.25) is 0 Å². The summed E-state index contributed by atoms with van der Waals surface area (Å²) < 4.78 is 5.24. The minimum atomic E-state index is -0.416. The van der Waals surface area contributed by atoms with E-state index in [4.69, 9.17) is 22.1 Å². The number of nitrogens with two attached hydrogens (primary N) is 1. The van der Waals surface area contributed by atoms with Crippen molar-refractivity contribution in [1.82, 2.24) is 0 Å². The van der Waals surface area contributed by atoms with Crippen molar-refractivity contribution in [3.8, 4) is 5.75 Å². The molecular weight excluding hydrogens is 250 g/mol. The minimum Gasteiger partial charge on any atom is -0.423 e. The first-order valence-electron chi connectivity index (χ1n) is 5.46. The second-order valence-corrected chi connectivity index (χ2v) is 4.19. The maximum atomic E-state index is 11.8. The maximum Gasteiger partial charge on any atom is 0.343 e. The Kier molecular flexibility index (Phi) is 3.97. The van der Waals surface area contributed by atoms with Crippen molar-refractivity contribution in [2.75, 3.05) is 0 Å². The zero-order chi connectivity index (χ0) is 13.0. The van der Waals surface area contributed by atoms with Gasteiger partial charge in [0, 0.05) is 11.6 Å². The van der Waals surface area contributed by atoms with E-state index >= 15 is 0 Å². The van der Waals surface area contributed by atoms with Crippen molar-refractivity contribution >= 4 is 17.6 Å². The lowest BCUT2D eigenvalue weighted by atomic mass is 10.2. The predicted octanol–water partition coefficient (Wildman–Crippen LogP) is 3.02. The molecule has 0 aromatic heterocycles. The van der Waals surface area contributed by atoms with Crippen LogP contribution in [-0.2, 0) is 6.54 Å². The number of carbonyl (C=O) groups excluding carboxylic acids is 1. The molecule has 0 saturated heterocycles. The summed E-state index contributed by atoms with van der Waals surface area (Å²) in [5.74, 6) is -0.0161. The Morgan fingerprint density at radius 2 is 1.89 bits per heavy atom. The highest BCUT2D eigenvalue weighted by molar-refractivity contribution is 6.30. The molecule has 0 heterocycles. The van der Waals surface area contributed by atoms with Crippen molar-refractivity contribution in [2.45, 2.75) is 6.54 Å². The predicted molar refractivity (Wildman–Crippen MR) is 70.7 cm³/mol. The van der Waals surface area contributed by atoms with Gasteiger partial charge in [0.1, 0.15) is 5.75 Å². The van der Waals surface area contributed by atoms with Crippen molar-refractivity contribution in [2.24, 2.45) is 5.73 Å². The second-order valence-electron chi connectivity index (χ2n) is 3.75. The molecule has 0 saturated carbocycles. The molecule has 2 N–H and O–H groups in total. The molecule has 0 atom stereocenters. The third-order valence-corrected chi connectivity index (χ3v) is 2.61. The third kappa shape index (κ3) is 3.09. The molecule has 92 valence electrons. The lowest BCUT2D eigenvalue weighted by Crippen LogP contribution is -2.08. The van der Waals surface area contributed by atoms with E-state index in [0.29, 0.717) is 22.9 Å². The topological polar surface area (TPSA) is 52.3 Å². The standard InChI is InChI=1S/C14H12ClNO2/c15-12-6-10(9-16)7-13(8-12)18-14(17)11-4-2-1-3-5-11/h1-8H,9,16H2. The quantitative estimate of drug-likeness (QED) is 0.683. The number of halogens is 1. The van der Waals surface area contributed by atoms with Crippen molar-refractivity contribution in [3.63, 3.8) is 0 Å². The van der Waals surface area contributed by atoms with Crippen LogP contribution in [0.2, 0.25) is 5.02 Å². The van der Waals surface area contributed by atoms with Crippen LogP contribution in [0.1, 0.15) is 15.9 Å². The van der Waals surface area contributed by atoms with Crippen LogP contribution in [0.25, 0.3) is 0 Å². The van der Waals surface area contributed by atoms with E-state index in [0.717, 1.165) is 5.56 Å². The molecule has 0 unspecified atom stereocenters. The summed E-state index contributed by atoms with van der Waals surface area (Å²) in [6.45, 7) is 0.344. The molecule has 0 fully saturated rings. The van der Waals surface area contributed by atoms with E-state index in [1.165, 1.54) is 0 Å². The second kappa shape index (κ2) is 5.67. The molecule has 4 heteroatoms. The van der Waals surface area contributed by atoms with E-state index in [-0.39, 0.29) is 0 Å². The van der Waals surface area contributed by atoms with Gasteiger partial charge in [-0.3, -0.25) is 0 Å². The molecule has 0 aliphatic heterocycles. The van der Waals surface area contributed by atoms with Gasteiger partial charge in [-0.05, 0) is 35.9 Å². The molecule has 0 bridgehead atoms. The Balaban J connectivity index is 2.19. The summed E-state index contributed by atoms with van der Waals surface area (Å²) in [6, 6.07) is 13.8. The highest BCUT2D eigenvalue weighted by Crippen LogP contribution is 2.21. The van der Waals surface area contributed by atoms with Gasteiger partial charge in [-0.25, -0.2) is 4.79 Å². The molecule has 2 aromatic rings. The SMILES string of the molecule is NCc1cc(Cl)cc(OC(=O)c2ccccc2)c1. The van der Waals surface area contributed by atoms with Crippen LogP contribution in [0.4, 0.5) is 0 Å². The normalized spacial score (nSPS) is 10.1. The van der Waals surface area contributed by atoms with Crippen molar-refractivity contribution < 1.29 is 9.53 Å². The summed E-state index contributed by atoms with van der Waals surface area (Å²) in [6.07, 6.45) is 0. The van der Waals surface area contributed by atoms with E-state index < -0.39 is 5.97 Å². The van der Waals surface area contributed by atoms with Crippen LogP contribution in [0.5, 0.6) is 5.75 Å². The summed E-state index contributed by atoms with van der Waals surface area (Å²) in [5.41, 5.74) is 6.84. The van der Waals surface area contributed by atoms with Gasteiger partial charge >= 0.3 is 5.97 Å². The van der Waals surface area contributed by atoms with Crippen LogP contribution in [-0.4, -0.2) is 5.97 Å². The van der Waals surface area contributed by atoms with E-state index in [2.05, 4.69) is 0 Å². The van der Waals surface area contributed by atoms with Crippen LogP contribution >= 0.6 is 11.6 Å². The smallest absolute Gasteiger partial charge is 0.343 e. The Morgan fingerprint density at radius 1 is 1.17 bits per heavy atom. The number of hydrogen-bond donors (Lipinski definition) is 1. The lowest BCUT2D eigenvalue weighted by Gasteiger charge is -2.06. The third-order valence-electron chi connectivity index (χ3n) is 2.39.